The fourth-order valence-electron chi connectivity index (χ4n) is 2.45. The molecule has 6 nitrogen and oxygen atoms in total. The molecule has 7 heteroatoms. The van der Waals surface area contributed by atoms with E-state index in [-0.39, 0.29) is 24.0 Å². The summed E-state index contributed by atoms with van der Waals surface area (Å²) < 4.78 is 1.97. The van der Waals surface area contributed by atoms with Gasteiger partial charge in [0.15, 0.2) is 5.96 Å². The third-order valence-electron chi connectivity index (χ3n) is 3.89. The average Bonchev–Trinajstić information content (AvgIpc) is 3.04. The maximum Gasteiger partial charge on any atom is 0.191 e. The zero-order valence-corrected chi connectivity index (χ0v) is 17.7. The van der Waals surface area contributed by atoms with Gasteiger partial charge in [-0.2, -0.15) is 0 Å². The molecule has 0 spiro atoms. The van der Waals surface area contributed by atoms with Crippen molar-refractivity contribution in [1.29, 1.82) is 0 Å². The molecule has 0 atom stereocenters. The summed E-state index contributed by atoms with van der Waals surface area (Å²) in [6.45, 7) is 5.84. The van der Waals surface area contributed by atoms with Gasteiger partial charge in [0, 0.05) is 38.7 Å². The number of imidazole rings is 1. The van der Waals surface area contributed by atoms with E-state index in [1.54, 1.807) is 13.2 Å². The van der Waals surface area contributed by atoms with Crippen LogP contribution in [0.15, 0.2) is 35.7 Å². The normalized spacial score (nSPS) is 11.1. The molecule has 0 fully saturated rings. The van der Waals surface area contributed by atoms with E-state index in [4.69, 9.17) is 0 Å². The monoisotopic (exact) mass is 456 g/mol. The lowest BCUT2D eigenvalue weighted by Gasteiger charge is -2.12. The summed E-state index contributed by atoms with van der Waals surface area (Å²) in [5, 5.41) is 6.67. The minimum atomic E-state index is 0. The molecule has 2 aromatic rings. The van der Waals surface area contributed by atoms with Gasteiger partial charge < -0.3 is 10.6 Å². The van der Waals surface area contributed by atoms with E-state index in [2.05, 4.69) is 38.6 Å². The van der Waals surface area contributed by atoms with Crippen LogP contribution in [0.1, 0.15) is 44.0 Å². The minimum absolute atomic E-state index is 0. The molecule has 2 N–H and O–H groups in total. The lowest BCUT2D eigenvalue weighted by molar-refractivity contribution is 0.647. The van der Waals surface area contributed by atoms with Crippen molar-refractivity contribution in [3.8, 4) is 5.82 Å². The van der Waals surface area contributed by atoms with E-state index >= 15 is 0 Å². The third-order valence-corrected chi connectivity index (χ3v) is 3.89. The van der Waals surface area contributed by atoms with Crippen LogP contribution < -0.4 is 10.6 Å². The molecule has 2 rings (SSSR count). The summed E-state index contributed by atoms with van der Waals surface area (Å²) in [6, 6.07) is 4.08. The van der Waals surface area contributed by atoms with E-state index < -0.39 is 0 Å². The lowest BCUT2D eigenvalue weighted by atomic mass is 10.2. The smallest absolute Gasteiger partial charge is 0.191 e. The van der Waals surface area contributed by atoms with Gasteiger partial charge in [0.2, 0.25) is 0 Å². The molecule has 2 aromatic heterocycles. The van der Waals surface area contributed by atoms with Crippen molar-refractivity contribution in [2.45, 2.75) is 46.1 Å². The molecule has 0 aromatic carbocycles. The first kappa shape index (κ1) is 21.4. The van der Waals surface area contributed by atoms with E-state index in [9.17, 15) is 0 Å². The van der Waals surface area contributed by atoms with Crippen LogP contribution in [0.4, 0.5) is 0 Å². The summed E-state index contributed by atoms with van der Waals surface area (Å²) in [4.78, 5) is 13.0. The summed E-state index contributed by atoms with van der Waals surface area (Å²) in [6.07, 6.45) is 10.6. The van der Waals surface area contributed by atoms with Gasteiger partial charge >= 0.3 is 0 Å². The van der Waals surface area contributed by atoms with Crippen LogP contribution in [0.5, 0.6) is 0 Å². The van der Waals surface area contributed by atoms with Crippen LogP contribution in [0.2, 0.25) is 0 Å². The van der Waals surface area contributed by atoms with Crippen molar-refractivity contribution in [3.05, 3.63) is 42.1 Å². The van der Waals surface area contributed by atoms with Crippen LogP contribution in [0, 0.1) is 6.92 Å². The SMILES string of the molecule is CCCCCCNC(=NC)NCc1ccc(-n2ccnc2C)nc1.I. The average molecular weight is 456 g/mol. The summed E-state index contributed by atoms with van der Waals surface area (Å²) in [5.74, 6) is 2.65. The number of aryl methyl sites for hydroxylation is 1. The number of halogens is 1. The number of pyridine rings is 1. The number of nitrogens with one attached hydrogen (secondary N) is 2. The molecule has 0 aliphatic heterocycles. The Bertz CT molecular complexity index is 635. The molecule has 0 aliphatic rings. The zero-order valence-electron chi connectivity index (χ0n) is 15.3. The highest BCUT2D eigenvalue weighted by Gasteiger charge is 2.03. The molecule has 0 unspecified atom stereocenters. The second kappa shape index (κ2) is 11.8. The highest BCUT2D eigenvalue weighted by molar-refractivity contribution is 14.0. The first-order chi connectivity index (χ1) is 11.7. The Morgan fingerprint density at radius 2 is 2.00 bits per heavy atom. The van der Waals surface area contributed by atoms with Gasteiger partial charge in [-0.15, -0.1) is 24.0 Å². The van der Waals surface area contributed by atoms with Crippen LogP contribution in [-0.4, -0.2) is 34.1 Å². The van der Waals surface area contributed by atoms with Crippen molar-refractivity contribution in [3.63, 3.8) is 0 Å². The Balaban J connectivity index is 0.00000312. The number of hydrogen-bond donors (Lipinski definition) is 2. The Morgan fingerprint density at radius 3 is 2.60 bits per heavy atom. The molecule has 25 heavy (non-hydrogen) atoms. The zero-order chi connectivity index (χ0) is 17.2. The summed E-state index contributed by atoms with van der Waals surface area (Å²) in [5.41, 5.74) is 1.12. The molecule has 0 saturated heterocycles. The molecule has 0 saturated carbocycles. The van der Waals surface area contributed by atoms with E-state index in [0.717, 1.165) is 29.7 Å². The Labute approximate surface area is 167 Å². The number of unbranched alkanes of at least 4 members (excludes halogenated alkanes) is 3. The maximum absolute atomic E-state index is 4.50. The highest BCUT2D eigenvalue weighted by Crippen LogP contribution is 2.08. The van der Waals surface area contributed by atoms with Gasteiger partial charge in [-0.05, 0) is 25.0 Å². The van der Waals surface area contributed by atoms with Crippen molar-refractivity contribution in [2.75, 3.05) is 13.6 Å². The fraction of sp³-hybridized carbons (Fsp3) is 0.500. The number of hydrogen-bond acceptors (Lipinski definition) is 3. The molecular weight excluding hydrogens is 427 g/mol. The molecule has 0 amide bonds. The predicted octanol–water partition coefficient (Wildman–Crippen LogP) is 3.44. The van der Waals surface area contributed by atoms with Crippen LogP contribution in [-0.2, 0) is 6.54 Å². The first-order valence-electron chi connectivity index (χ1n) is 8.64. The largest absolute Gasteiger partial charge is 0.356 e. The van der Waals surface area contributed by atoms with Crippen LogP contribution in [0.3, 0.4) is 0 Å². The number of rotatable bonds is 8. The number of aromatic nitrogens is 3. The van der Waals surface area contributed by atoms with Gasteiger partial charge in [-0.1, -0.05) is 32.3 Å². The van der Waals surface area contributed by atoms with Crippen molar-refractivity contribution in [2.24, 2.45) is 4.99 Å². The Morgan fingerprint density at radius 1 is 1.16 bits per heavy atom. The molecule has 0 radical (unpaired) electrons. The maximum atomic E-state index is 4.50. The summed E-state index contributed by atoms with van der Waals surface area (Å²) in [7, 11) is 1.80. The number of nitrogens with zero attached hydrogens (tertiary/aromatic N) is 4. The Kier molecular flexibility index (Phi) is 10.1. The molecular formula is C18H29IN6. The van der Waals surface area contributed by atoms with Crippen molar-refractivity contribution >= 4 is 29.9 Å². The van der Waals surface area contributed by atoms with Crippen molar-refractivity contribution < 1.29 is 0 Å². The fourth-order valence-corrected chi connectivity index (χ4v) is 2.45. The van der Waals surface area contributed by atoms with Gasteiger partial charge in [-0.3, -0.25) is 9.56 Å². The third kappa shape index (κ3) is 7.01. The van der Waals surface area contributed by atoms with Gasteiger partial charge in [-0.25, -0.2) is 9.97 Å². The quantitative estimate of drug-likeness (QED) is 0.277. The predicted molar refractivity (Wildman–Crippen MR) is 114 cm³/mol. The van der Waals surface area contributed by atoms with E-state index in [1.165, 1.54) is 25.7 Å². The standard InChI is InChI=1S/C18H28N6.HI/c1-4-5-6-7-10-21-18(19-3)23-14-16-8-9-17(22-13-16)24-12-11-20-15(24)2;/h8-9,11-13H,4-7,10,14H2,1-3H3,(H2,19,21,23);1H. The summed E-state index contributed by atoms with van der Waals surface area (Å²) >= 11 is 0. The van der Waals surface area contributed by atoms with Crippen LogP contribution in [0.25, 0.3) is 5.82 Å². The topological polar surface area (TPSA) is 67.1 Å². The van der Waals surface area contributed by atoms with E-state index in [0.29, 0.717) is 6.54 Å². The van der Waals surface area contributed by atoms with Gasteiger partial charge in [0.25, 0.3) is 0 Å². The van der Waals surface area contributed by atoms with Crippen LogP contribution >= 0.6 is 24.0 Å². The molecule has 0 bridgehead atoms. The molecule has 2 heterocycles. The number of aliphatic imine (C=N–C) groups is 1. The van der Waals surface area contributed by atoms with Gasteiger partial charge in [0.1, 0.15) is 11.6 Å². The van der Waals surface area contributed by atoms with Crippen molar-refractivity contribution in [1.82, 2.24) is 25.2 Å². The second-order valence-electron chi connectivity index (χ2n) is 5.78. The highest BCUT2D eigenvalue weighted by atomic mass is 127. The first-order valence-corrected chi connectivity index (χ1v) is 8.64. The second-order valence-corrected chi connectivity index (χ2v) is 5.78. The molecule has 0 aliphatic carbocycles. The lowest BCUT2D eigenvalue weighted by Crippen LogP contribution is -2.37. The van der Waals surface area contributed by atoms with Gasteiger partial charge in [0.05, 0.1) is 0 Å². The minimum Gasteiger partial charge on any atom is -0.356 e. The van der Waals surface area contributed by atoms with E-state index in [1.807, 2.05) is 30.0 Å². The Hall–Kier alpha value is -1.64. The molecule has 138 valence electrons. The number of guanidine groups is 1.